The molecule has 1 aliphatic rings. The lowest BCUT2D eigenvalue weighted by Gasteiger charge is -2.24. The number of nitrogen functional groups attached to an aromatic ring is 1. The first-order valence-electron chi connectivity index (χ1n) is 6.88. The van der Waals surface area contributed by atoms with E-state index in [1.165, 1.54) is 0 Å². The number of nitrogens with two attached hydrogens (primary N) is 1. The van der Waals surface area contributed by atoms with Crippen molar-refractivity contribution in [3.8, 4) is 0 Å². The summed E-state index contributed by atoms with van der Waals surface area (Å²) in [6.07, 6.45) is 1.47. The van der Waals surface area contributed by atoms with Crippen LogP contribution in [0.4, 0.5) is 5.69 Å². The van der Waals surface area contributed by atoms with Crippen LogP contribution in [-0.2, 0) is 9.53 Å². The van der Waals surface area contributed by atoms with Crippen molar-refractivity contribution in [3.05, 3.63) is 29.3 Å². The fourth-order valence-corrected chi connectivity index (χ4v) is 2.52. The second kappa shape index (κ2) is 5.94. The van der Waals surface area contributed by atoms with Gasteiger partial charge in [-0.05, 0) is 44.4 Å². The van der Waals surface area contributed by atoms with E-state index in [2.05, 4.69) is 0 Å². The van der Waals surface area contributed by atoms with Gasteiger partial charge in [-0.15, -0.1) is 0 Å². The fourth-order valence-electron chi connectivity index (χ4n) is 2.52. The van der Waals surface area contributed by atoms with Crippen LogP contribution in [0.25, 0.3) is 0 Å². The Morgan fingerprint density at radius 3 is 2.90 bits per heavy atom. The SMILES string of the molecule is CCOC(=O)C1CCCN1C(=O)c1cc(N)ccc1C. The number of hydrogen-bond acceptors (Lipinski definition) is 4. The molecule has 1 aromatic rings. The predicted octanol–water partition coefficient (Wildman–Crippen LogP) is 1.74. The van der Waals surface area contributed by atoms with Crippen molar-refractivity contribution >= 4 is 17.6 Å². The molecule has 2 rings (SSSR count). The standard InChI is InChI=1S/C15H20N2O3/c1-3-20-15(19)13-5-4-8-17(13)14(18)12-9-11(16)7-6-10(12)2/h6-7,9,13H,3-5,8,16H2,1-2H3. The predicted molar refractivity (Wildman–Crippen MR) is 76.3 cm³/mol. The van der Waals surface area contributed by atoms with Gasteiger partial charge in [-0.2, -0.15) is 0 Å². The molecule has 1 atom stereocenters. The van der Waals surface area contributed by atoms with Gasteiger partial charge in [0.25, 0.3) is 5.91 Å². The number of carbonyl (C=O) groups excluding carboxylic acids is 2. The van der Waals surface area contributed by atoms with Crippen LogP contribution in [0.3, 0.4) is 0 Å². The Hall–Kier alpha value is -2.04. The average Bonchev–Trinajstić information content (AvgIpc) is 2.90. The van der Waals surface area contributed by atoms with Gasteiger partial charge >= 0.3 is 5.97 Å². The van der Waals surface area contributed by atoms with Gasteiger partial charge in [0.1, 0.15) is 6.04 Å². The first kappa shape index (κ1) is 14.4. The topological polar surface area (TPSA) is 72.6 Å². The Kier molecular flexibility index (Phi) is 4.27. The highest BCUT2D eigenvalue weighted by Gasteiger charge is 2.35. The molecule has 0 radical (unpaired) electrons. The van der Waals surface area contributed by atoms with Crippen molar-refractivity contribution in [1.82, 2.24) is 4.90 Å². The maximum Gasteiger partial charge on any atom is 0.328 e. The summed E-state index contributed by atoms with van der Waals surface area (Å²) in [4.78, 5) is 26.1. The van der Waals surface area contributed by atoms with Gasteiger partial charge in [-0.1, -0.05) is 6.07 Å². The molecule has 1 amide bonds. The van der Waals surface area contributed by atoms with E-state index >= 15 is 0 Å². The second-order valence-corrected chi connectivity index (χ2v) is 4.98. The highest BCUT2D eigenvalue weighted by atomic mass is 16.5. The number of carbonyl (C=O) groups is 2. The third kappa shape index (κ3) is 2.76. The number of hydrogen-bond donors (Lipinski definition) is 1. The van der Waals surface area contributed by atoms with Gasteiger partial charge < -0.3 is 15.4 Å². The normalized spacial score (nSPS) is 18.1. The van der Waals surface area contributed by atoms with Crippen molar-refractivity contribution in [2.24, 2.45) is 0 Å². The molecule has 0 saturated carbocycles. The van der Waals surface area contributed by atoms with Gasteiger partial charge in [-0.3, -0.25) is 4.79 Å². The van der Waals surface area contributed by atoms with Crippen LogP contribution in [-0.4, -0.2) is 36.0 Å². The van der Waals surface area contributed by atoms with Crippen molar-refractivity contribution < 1.29 is 14.3 Å². The van der Waals surface area contributed by atoms with Crippen molar-refractivity contribution in [2.75, 3.05) is 18.9 Å². The molecular formula is C15H20N2O3. The number of likely N-dealkylation sites (tertiary alicyclic amines) is 1. The summed E-state index contributed by atoms with van der Waals surface area (Å²) in [5.41, 5.74) is 7.71. The summed E-state index contributed by atoms with van der Waals surface area (Å²) < 4.78 is 5.04. The number of rotatable bonds is 3. The number of amides is 1. The summed E-state index contributed by atoms with van der Waals surface area (Å²) >= 11 is 0. The van der Waals surface area contributed by atoms with Gasteiger partial charge in [0, 0.05) is 17.8 Å². The molecule has 0 spiro atoms. The van der Waals surface area contributed by atoms with Crippen LogP contribution in [0.1, 0.15) is 35.7 Å². The summed E-state index contributed by atoms with van der Waals surface area (Å²) in [5, 5.41) is 0. The number of anilines is 1. The minimum absolute atomic E-state index is 0.148. The monoisotopic (exact) mass is 276 g/mol. The average molecular weight is 276 g/mol. The number of nitrogens with zero attached hydrogens (tertiary/aromatic N) is 1. The minimum Gasteiger partial charge on any atom is -0.464 e. The maximum absolute atomic E-state index is 12.6. The first-order valence-corrected chi connectivity index (χ1v) is 6.88. The second-order valence-electron chi connectivity index (χ2n) is 4.98. The van der Waals surface area contributed by atoms with E-state index in [0.717, 1.165) is 12.0 Å². The molecule has 0 aliphatic carbocycles. The quantitative estimate of drug-likeness (QED) is 0.674. The molecule has 0 bridgehead atoms. The molecule has 108 valence electrons. The molecule has 5 nitrogen and oxygen atoms in total. The number of esters is 1. The molecule has 20 heavy (non-hydrogen) atoms. The summed E-state index contributed by atoms with van der Waals surface area (Å²) in [6, 6.07) is 4.78. The van der Waals surface area contributed by atoms with Crippen molar-refractivity contribution in [3.63, 3.8) is 0 Å². The minimum atomic E-state index is -0.469. The molecule has 1 aromatic carbocycles. The lowest BCUT2D eigenvalue weighted by Crippen LogP contribution is -2.41. The number of ether oxygens (including phenoxy) is 1. The third-order valence-electron chi connectivity index (χ3n) is 3.56. The van der Waals surface area contributed by atoms with Crippen LogP contribution < -0.4 is 5.73 Å². The van der Waals surface area contributed by atoms with Crippen LogP contribution in [0.5, 0.6) is 0 Å². The Morgan fingerprint density at radius 2 is 2.20 bits per heavy atom. The van der Waals surface area contributed by atoms with Gasteiger partial charge in [0.05, 0.1) is 6.61 Å². The van der Waals surface area contributed by atoms with E-state index < -0.39 is 6.04 Å². The van der Waals surface area contributed by atoms with Gasteiger partial charge in [-0.25, -0.2) is 4.79 Å². The Balaban J connectivity index is 2.23. The van der Waals surface area contributed by atoms with E-state index in [-0.39, 0.29) is 11.9 Å². The van der Waals surface area contributed by atoms with Crippen LogP contribution >= 0.6 is 0 Å². The van der Waals surface area contributed by atoms with Crippen LogP contribution in [0.2, 0.25) is 0 Å². The zero-order valence-corrected chi connectivity index (χ0v) is 11.9. The molecule has 1 heterocycles. The number of benzene rings is 1. The van der Waals surface area contributed by atoms with E-state index in [1.807, 2.05) is 13.0 Å². The van der Waals surface area contributed by atoms with Crippen molar-refractivity contribution in [1.29, 1.82) is 0 Å². The third-order valence-corrected chi connectivity index (χ3v) is 3.56. The summed E-state index contributed by atoms with van der Waals surface area (Å²) in [5.74, 6) is -0.467. The summed E-state index contributed by atoms with van der Waals surface area (Å²) in [7, 11) is 0. The highest BCUT2D eigenvalue weighted by molar-refractivity contribution is 5.99. The maximum atomic E-state index is 12.6. The summed E-state index contributed by atoms with van der Waals surface area (Å²) in [6.45, 7) is 4.54. The number of aryl methyl sites for hydroxylation is 1. The molecule has 2 N–H and O–H groups in total. The smallest absolute Gasteiger partial charge is 0.328 e. The Labute approximate surface area is 118 Å². The van der Waals surface area contributed by atoms with Gasteiger partial charge in [0.15, 0.2) is 0 Å². The molecule has 1 unspecified atom stereocenters. The van der Waals surface area contributed by atoms with E-state index in [1.54, 1.807) is 24.0 Å². The lowest BCUT2D eigenvalue weighted by atomic mass is 10.1. The molecule has 0 aromatic heterocycles. The largest absolute Gasteiger partial charge is 0.464 e. The van der Waals surface area contributed by atoms with Crippen LogP contribution in [0.15, 0.2) is 18.2 Å². The zero-order valence-electron chi connectivity index (χ0n) is 11.9. The zero-order chi connectivity index (χ0) is 14.7. The van der Waals surface area contributed by atoms with E-state index in [0.29, 0.717) is 30.8 Å². The molecule has 5 heteroatoms. The Morgan fingerprint density at radius 1 is 1.45 bits per heavy atom. The molecular weight excluding hydrogens is 256 g/mol. The molecule has 1 fully saturated rings. The lowest BCUT2D eigenvalue weighted by molar-refractivity contribution is -0.147. The fraction of sp³-hybridized carbons (Fsp3) is 0.467. The van der Waals surface area contributed by atoms with Gasteiger partial charge in [0.2, 0.25) is 0 Å². The van der Waals surface area contributed by atoms with Crippen molar-refractivity contribution in [2.45, 2.75) is 32.7 Å². The first-order chi connectivity index (χ1) is 9.54. The highest BCUT2D eigenvalue weighted by Crippen LogP contribution is 2.23. The molecule has 1 aliphatic heterocycles. The van der Waals surface area contributed by atoms with E-state index in [4.69, 9.17) is 10.5 Å². The molecule has 1 saturated heterocycles. The van der Waals surface area contributed by atoms with Crippen LogP contribution in [0, 0.1) is 6.92 Å². The van der Waals surface area contributed by atoms with E-state index in [9.17, 15) is 9.59 Å². The Bertz CT molecular complexity index is 528.